The van der Waals surface area contributed by atoms with E-state index in [-0.39, 0.29) is 0 Å². The van der Waals surface area contributed by atoms with Crippen LogP contribution < -0.4 is 0 Å². The zero-order valence-electron chi connectivity index (χ0n) is 10.7. The second-order valence-corrected chi connectivity index (χ2v) is 36.1. The van der Waals surface area contributed by atoms with Gasteiger partial charge in [-0.15, -0.1) is 0 Å². The fourth-order valence-corrected chi connectivity index (χ4v) is 92.8. The summed E-state index contributed by atoms with van der Waals surface area (Å²) in [7, 11) is 0. The molecule has 1 spiro atoms. The van der Waals surface area contributed by atoms with Crippen LogP contribution in [0.15, 0.2) is 22.7 Å². The molecule has 0 radical (unpaired) electrons. The van der Waals surface area contributed by atoms with Crippen LogP contribution in [0.3, 0.4) is 0 Å². The van der Waals surface area contributed by atoms with Crippen molar-refractivity contribution >= 4 is 15.9 Å². The number of hydrogen-bond donors (Lipinski definition) is 0. The first-order valence-corrected chi connectivity index (χ1v) is 15.0. The molecule has 0 aliphatic carbocycles. The Morgan fingerprint density at radius 2 is 1.53 bits per heavy atom. The van der Waals surface area contributed by atoms with E-state index in [0.29, 0.717) is 0 Å². The summed E-state index contributed by atoms with van der Waals surface area (Å²) in [6, 6.07) is 7.29. The summed E-state index contributed by atoms with van der Waals surface area (Å²) in [6.07, 6.45) is 0. The summed E-state index contributed by atoms with van der Waals surface area (Å²) < 4.78 is 2.41. The van der Waals surface area contributed by atoms with Crippen LogP contribution in [0, 0.1) is 6.92 Å². The molecule has 10 heterocycles. The number of hydrogen-bond acceptors (Lipinski definition) is 0. The van der Waals surface area contributed by atoms with Crippen LogP contribution in [0.1, 0.15) is 11.1 Å². The molecule has 0 amide bonds. The summed E-state index contributed by atoms with van der Waals surface area (Å²) in [5, 5.41) is 0. The molecule has 0 aromatic heterocycles. The van der Waals surface area contributed by atoms with Crippen LogP contribution in [0.25, 0.3) is 0 Å². The van der Waals surface area contributed by atoms with Gasteiger partial charge in [0.1, 0.15) is 0 Å². The molecule has 4 atom stereocenters. The van der Waals surface area contributed by atoms with Gasteiger partial charge in [-0.25, -0.2) is 0 Å². The van der Waals surface area contributed by atoms with Gasteiger partial charge in [0.05, 0.1) is 0 Å². The van der Waals surface area contributed by atoms with Gasteiger partial charge >= 0.3 is 111 Å². The second-order valence-electron chi connectivity index (χ2n) is 11.7. The Kier molecular flexibility index (Phi) is 0.261. The molecule has 1 aromatic carbocycles. The minimum absolute atomic E-state index is 0.921. The van der Waals surface area contributed by atoms with Crippen LogP contribution in [-0.2, 0) is 10.8 Å². The maximum absolute atomic E-state index is 3.96. The van der Waals surface area contributed by atoms with E-state index in [9.17, 15) is 0 Å². The van der Waals surface area contributed by atoms with Crippen LogP contribution >= 0.6 is 15.9 Å². The number of benzene rings is 1. The van der Waals surface area contributed by atoms with Gasteiger partial charge in [-0.05, 0) is 0 Å². The first kappa shape index (κ1) is 7.47. The van der Waals surface area contributed by atoms with Crippen molar-refractivity contribution in [2.75, 3.05) is 0 Å². The van der Waals surface area contributed by atoms with Crippen molar-refractivity contribution in [1.82, 2.24) is 0 Å². The Bertz CT molecular complexity index is 1130. The van der Waals surface area contributed by atoms with Gasteiger partial charge in [0.25, 0.3) is 0 Å². The van der Waals surface area contributed by atoms with Crippen molar-refractivity contribution in [3.05, 3.63) is 33.8 Å². The van der Waals surface area contributed by atoms with E-state index in [2.05, 4.69) is 41.1 Å². The molecule has 98 valence electrons. The van der Waals surface area contributed by atoms with Crippen molar-refractivity contribution < 1.29 is 6.51 Å². The molecular weight excluding hydrogens is 340 g/mol. The Hall–Kier alpha value is 0.219. The summed E-state index contributed by atoms with van der Waals surface area (Å²) in [5.74, 6) is 0. The summed E-state index contributed by atoms with van der Waals surface area (Å²) in [4.78, 5) is 12.9. The van der Waals surface area contributed by atoms with Crippen molar-refractivity contribution in [3.8, 4) is 0 Å². The van der Waals surface area contributed by atoms with Gasteiger partial charge in [-0.3, -0.25) is 0 Å². The predicted molar refractivity (Wildman–Crippen MR) is 74.3 cm³/mol. The van der Waals surface area contributed by atoms with Gasteiger partial charge in [0, 0.05) is 0 Å². The molecule has 10 saturated heterocycles. The molecule has 0 N–H and O–H groups in total. The van der Waals surface area contributed by atoms with E-state index in [1.165, 1.54) is 53.4 Å². The molecule has 11 rings (SSSR count). The molecule has 10 aliphatic heterocycles. The van der Waals surface area contributed by atoms with E-state index < -0.39 is 6.51 Å². The van der Waals surface area contributed by atoms with Crippen LogP contribution in [0.5, 0.6) is 0 Å². The Morgan fingerprint density at radius 1 is 0.947 bits per heavy atom. The standard InChI is InChI=1S/C12H10Br.C5H5.Fe/c1-9-6-7-12(13)11(8-9)10-4-2-3-5-10;1-2-4-5-3-1;/h2-8H,1H3;1-5H;. The molecular formula is C17H15BrFe. The van der Waals surface area contributed by atoms with E-state index in [0.717, 1.165) is 4.31 Å². The van der Waals surface area contributed by atoms with Crippen LogP contribution in [0.4, 0.5) is 0 Å². The maximum atomic E-state index is 3.96. The molecule has 4 unspecified atom stereocenters. The zero-order valence-corrected chi connectivity index (χ0v) is 13.3. The molecule has 2 heteroatoms. The molecule has 0 saturated carbocycles. The van der Waals surface area contributed by atoms with E-state index in [1.807, 2.05) is 5.56 Å². The van der Waals surface area contributed by atoms with E-state index >= 15 is 0 Å². The predicted octanol–water partition coefficient (Wildman–Crippen LogP) is 5.55. The van der Waals surface area contributed by atoms with Crippen molar-refractivity contribution in [1.29, 1.82) is 0 Å². The molecule has 1 aromatic rings. The van der Waals surface area contributed by atoms with E-state index in [4.69, 9.17) is 0 Å². The SMILES string of the molecule is Cc1ccc(Br)c([C]23[CH]4[CH]5[CH]6[CH]2[Fe]56432789[CH]3[CH]2[CH]7[CH]8[CH]39)c1. The molecule has 10 aliphatic rings. The third-order valence-corrected chi connectivity index (χ3v) is 59.2. The third-order valence-electron chi connectivity index (χ3n) is 16.2. The summed E-state index contributed by atoms with van der Waals surface area (Å²) in [5.41, 5.74) is 3.37. The fourth-order valence-electron chi connectivity index (χ4n) is 17.9. The normalized spacial score (nSPS) is 108. The Labute approximate surface area is 110 Å². The average Bonchev–Trinajstić information content (AvgIpc) is 3.35. The number of halogens is 1. The van der Waals surface area contributed by atoms with Gasteiger partial charge in [-0.2, -0.15) is 0 Å². The van der Waals surface area contributed by atoms with Gasteiger partial charge < -0.3 is 0 Å². The first-order valence-electron chi connectivity index (χ1n) is 7.93. The Morgan fingerprint density at radius 3 is 1.95 bits per heavy atom. The molecule has 0 nitrogen and oxygen atoms in total. The molecule has 10 fully saturated rings. The number of fused-ring (bicyclic) bond motifs is 10. The molecule has 19 heavy (non-hydrogen) atoms. The topological polar surface area (TPSA) is 0 Å². The third kappa shape index (κ3) is 0.0889. The first-order chi connectivity index (χ1) is 8.96. The zero-order chi connectivity index (χ0) is 11.9. The van der Waals surface area contributed by atoms with Gasteiger partial charge in [0.2, 0.25) is 0 Å². The minimum atomic E-state index is -2.92. The van der Waals surface area contributed by atoms with Gasteiger partial charge in [-0.1, -0.05) is 0 Å². The summed E-state index contributed by atoms with van der Waals surface area (Å²) in [6.45, 7) is -0.615. The molecule has 0 bridgehead atoms. The number of aryl methyl sites for hydroxylation is 1. The quantitative estimate of drug-likeness (QED) is 0.579. The van der Waals surface area contributed by atoms with Crippen molar-refractivity contribution in [3.63, 3.8) is 0 Å². The average molecular weight is 355 g/mol. The van der Waals surface area contributed by atoms with Crippen LogP contribution in [-0.4, -0.2) is 0 Å². The monoisotopic (exact) mass is 354 g/mol. The fraction of sp³-hybridized carbons (Fsp3) is 0.647. The summed E-state index contributed by atoms with van der Waals surface area (Å²) >= 11 is 3.96. The van der Waals surface area contributed by atoms with Gasteiger partial charge in [0.15, 0.2) is 0 Å². The van der Waals surface area contributed by atoms with E-state index in [1.54, 1.807) is 0 Å². The Balaban J connectivity index is 1.55. The van der Waals surface area contributed by atoms with Crippen molar-refractivity contribution in [2.24, 2.45) is 0 Å². The van der Waals surface area contributed by atoms with Crippen molar-refractivity contribution in [2.45, 2.75) is 54.6 Å². The number of rotatable bonds is 1. The van der Waals surface area contributed by atoms with Crippen LogP contribution in [0.2, 0.25) is 43.3 Å². The second kappa shape index (κ2) is 0.664.